The Hall–Kier alpha value is -10.2. The first-order chi connectivity index (χ1) is 52.0. The number of halogens is 15. The van der Waals surface area contributed by atoms with E-state index in [0.29, 0.717) is 71.4 Å². The summed E-state index contributed by atoms with van der Waals surface area (Å²) < 4.78 is 198. The maximum absolute atomic E-state index is 13.3. The second-order valence-corrected chi connectivity index (χ2v) is 32.9. The van der Waals surface area contributed by atoms with Gasteiger partial charge in [-0.2, -0.15) is 96.5 Å². The van der Waals surface area contributed by atoms with Crippen LogP contribution >= 0.6 is 0 Å². The van der Waals surface area contributed by atoms with E-state index in [9.17, 15) is 81.5 Å². The fourth-order valence-corrected chi connectivity index (χ4v) is 13.3. The number of fused-ring (bicyclic) bond motifs is 2. The zero-order valence-corrected chi connectivity index (χ0v) is 60.0. The van der Waals surface area contributed by atoms with Crippen LogP contribution in [0.3, 0.4) is 0 Å². The summed E-state index contributed by atoms with van der Waals surface area (Å²) in [4.78, 5) is 66.5. The van der Waals surface area contributed by atoms with Gasteiger partial charge < -0.3 is 49.3 Å². The molecule has 602 valence electrons. The number of rotatable bonds is 21. The number of nitrogens with zero attached hydrogens (tertiary/aromatic N) is 17. The fourth-order valence-electron chi connectivity index (χ4n) is 12.5. The maximum Gasteiger partial charge on any atom is 0.490 e. The van der Waals surface area contributed by atoms with Crippen LogP contribution in [0, 0.1) is 22.7 Å². The Morgan fingerprint density at radius 1 is 0.586 bits per heavy atom. The first-order valence-corrected chi connectivity index (χ1v) is 37.5. The summed E-state index contributed by atoms with van der Waals surface area (Å²) >= 11 is 0. The van der Waals surface area contributed by atoms with E-state index in [2.05, 4.69) is 91.5 Å². The van der Waals surface area contributed by atoms with E-state index in [-0.39, 0.29) is 73.5 Å². The zero-order valence-electron chi connectivity index (χ0n) is 59.0. The van der Waals surface area contributed by atoms with Crippen LogP contribution in [0.2, 0.25) is 25.7 Å². The Bertz CT molecular complexity index is 4480. The predicted molar refractivity (Wildman–Crippen MR) is 358 cm³/mol. The number of nitriles is 2. The third kappa shape index (κ3) is 23.2. The van der Waals surface area contributed by atoms with Gasteiger partial charge in [0.2, 0.25) is 23.4 Å². The fraction of sp³-hybridized carbons (Fsp3) is 0.530. The molecule has 2 saturated heterocycles. The normalized spacial score (nSPS) is 18.6. The van der Waals surface area contributed by atoms with E-state index >= 15 is 0 Å². The largest absolute Gasteiger partial charge is 0.490 e. The number of H-pyrrole nitrogens is 1. The minimum atomic E-state index is -5.08. The molecule has 0 atom stereocenters. The van der Waals surface area contributed by atoms with Crippen molar-refractivity contribution in [1.29, 1.82) is 10.5 Å². The number of aliphatic hydroxyl groups excluding tert-OH is 2. The minimum absolute atomic E-state index is 0.0125. The molecule has 4 fully saturated rings. The van der Waals surface area contributed by atoms with Gasteiger partial charge in [-0.05, 0) is 69.5 Å². The number of carboxylic acid groups (broad SMARTS) is 3. The van der Waals surface area contributed by atoms with Crippen LogP contribution in [0.1, 0.15) is 87.2 Å². The molecule has 2 saturated carbocycles. The number of alkyl halides is 15. The van der Waals surface area contributed by atoms with Crippen LogP contribution in [0.15, 0.2) is 74.1 Å². The lowest BCUT2D eigenvalue weighted by Gasteiger charge is -2.53. The molecule has 2 aliphatic heterocycles. The van der Waals surface area contributed by atoms with Crippen LogP contribution in [0.25, 0.3) is 44.6 Å². The van der Waals surface area contributed by atoms with E-state index in [4.69, 9.17) is 54.1 Å². The average Bonchev–Trinajstić information content (AvgIpc) is 1.71. The topological polar surface area (TPSA) is 394 Å². The van der Waals surface area contributed by atoms with E-state index < -0.39 is 79.6 Å². The Morgan fingerprint density at radius 3 is 1.37 bits per heavy atom. The van der Waals surface area contributed by atoms with Crippen LogP contribution in [0.5, 0.6) is 11.8 Å². The Kier molecular flexibility index (Phi) is 27.9. The smallest absolute Gasteiger partial charge is 0.475 e. The summed E-state index contributed by atoms with van der Waals surface area (Å²) in [5.41, 5.74) is 4.05. The number of aliphatic hydroxyl groups is 2. The highest BCUT2D eigenvalue weighted by Gasteiger charge is 2.51. The van der Waals surface area contributed by atoms with Crippen molar-refractivity contribution in [3.63, 3.8) is 0 Å². The highest BCUT2D eigenvalue weighted by Crippen LogP contribution is 2.42. The van der Waals surface area contributed by atoms with Crippen molar-refractivity contribution in [3.05, 3.63) is 97.1 Å². The Morgan fingerprint density at radius 2 is 0.991 bits per heavy atom. The van der Waals surface area contributed by atoms with Crippen molar-refractivity contribution in [2.45, 2.75) is 176 Å². The molecule has 111 heavy (non-hydrogen) atoms. The van der Waals surface area contributed by atoms with Gasteiger partial charge in [0, 0.05) is 138 Å². The number of aromatic amines is 1. The molecular weight excluding hydrogens is 1530 g/mol. The summed E-state index contributed by atoms with van der Waals surface area (Å²) in [5.74, 6) is -11.0. The summed E-state index contributed by atoms with van der Waals surface area (Å²) in [6, 6.07) is 13.0. The lowest BCUT2D eigenvalue weighted by molar-refractivity contribution is -0.193. The number of likely N-dealkylation sites (tertiary alicyclic amines) is 2. The molecule has 4 aliphatic rings. The Labute approximate surface area is 620 Å². The lowest BCUT2D eigenvalue weighted by Crippen LogP contribution is -2.65. The van der Waals surface area contributed by atoms with Gasteiger partial charge in [-0.3, -0.25) is 19.2 Å². The predicted octanol–water partition coefficient (Wildman–Crippen LogP) is 10.6. The van der Waals surface area contributed by atoms with Crippen molar-refractivity contribution in [1.82, 2.24) is 78.8 Å². The highest BCUT2D eigenvalue weighted by molar-refractivity contribution is 6.76. The molecule has 6 N–H and O–H groups in total. The number of hydrogen-bond donors (Lipinski definition) is 6. The SMILES string of the molecule is C[Si](C)(C)CCOCn1ccc2c(-c3cnn(C4(CC#N)CN(C5CCC(Oc6cc(CCO)nc(C(F)(F)F)n6)CC5)C4)c3)ncnc21.N#CCC1(n2cc(-c3ncnc4[nH]ccc34)cn2)CN(C2CCC(Oc3cc(CCO)nc(C(F)(F)F)n3)CC2)C1.O=C(O)C(F)(F)F.O=C(O)C(F)(F)F.O=C(O)C(F)(F)F. The van der Waals surface area contributed by atoms with Crippen molar-refractivity contribution >= 4 is 48.0 Å². The van der Waals surface area contributed by atoms with Crippen LogP contribution in [-0.2, 0) is 62.1 Å². The van der Waals surface area contributed by atoms with Gasteiger partial charge in [0.05, 0.1) is 60.1 Å². The molecule has 8 aromatic heterocycles. The van der Waals surface area contributed by atoms with Gasteiger partial charge in [-0.15, -0.1) is 0 Å². The van der Waals surface area contributed by atoms with Gasteiger partial charge in [0.25, 0.3) is 0 Å². The van der Waals surface area contributed by atoms with Gasteiger partial charge in [0.1, 0.15) is 54.0 Å². The van der Waals surface area contributed by atoms with Crippen LogP contribution < -0.4 is 9.47 Å². The van der Waals surface area contributed by atoms with E-state index in [1.54, 1.807) is 18.7 Å². The lowest BCUT2D eigenvalue weighted by atomic mass is 9.82. The van der Waals surface area contributed by atoms with Crippen molar-refractivity contribution in [2.75, 3.05) is 46.0 Å². The molecule has 8 aromatic rings. The Balaban J connectivity index is 0.000000223. The molecule has 2 aliphatic carbocycles. The van der Waals surface area contributed by atoms with E-state index in [1.807, 2.05) is 50.9 Å². The molecule has 0 amide bonds. The van der Waals surface area contributed by atoms with Crippen LogP contribution in [-0.4, -0.2) is 219 Å². The first-order valence-electron chi connectivity index (χ1n) is 33.8. The van der Waals surface area contributed by atoms with Crippen molar-refractivity contribution in [2.24, 2.45) is 0 Å². The minimum Gasteiger partial charge on any atom is -0.475 e. The second-order valence-electron chi connectivity index (χ2n) is 27.3. The standard InChI is InChI=1S/C33H42F3N9O3Si.C27H28F3N9O2.3C2HF3O2/c1-49(2,3)15-14-47-22-43-12-8-27-29(38-21-39-30(27)43)23-17-40-45(18-23)32(10-11-37)19-44(20-32)25-4-6-26(7-5-25)48-28-16-24(9-13-46)41-31(42-28)33(34,35)36;28-27(29,30)25-36-18(6-10-40)11-22(37-25)41-20-3-1-19(2-4-20)38-14-26(15-38,7-8-31)39-13-17(12-35-39)23-21-5-9-32-24(21)34-16-33-23;3*3-2(4,5)1(6)7/h8,12,16-18,21,25-26,46H,4-7,9-10,13-15,19-20,22H2,1-3H3;5,9,11-13,16,19-20,40H,1-4,6-7,10,14-15H2,(H,32,33,34);3*(H,6,7). The summed E-state index contributed by atoms with van der Waals surface area (Å²) in [6.45, 7) is 10.1. The van der Waals surface area contributed by atoms with Gasteiger partial charge in [-0.25, -0.2) is 44.3 Å². The quantitative estimate of drug-likeness (QED) is 0.0221. The van der Waals surface area contributed by atoms with Gasteiger partial charge in [0.15, 0.2) is 0 Å². The number of ether oxygens (including phenoxy) is 3. The number of hydrogen-bond acceptors (Lipinski definition) is 22. The maximum atomic E-state index is 13.3. The van der Waals surface area contributed by atoms with E-state index in [0.717, 1.165) is 82.9 Å². The van der Waals surface area contributed by atoms with Crippen LogP contribution in [0.4, 0.5) is 65.9 Å². The number of carbonyl (C=O) groups is 3. The molecule has 10 heterocycles. The zero-order chi connectivity index (χ0) is 81.7. The number of aliphatic carboxylic acids is 3. The molecule has 0 aromatic carbocycles. The van der Waals surface area contributed by atoms with Gasteiger partial charge in [-0.1, -0.05) is 19.6 Å². The summed E-state index contributed by atoms with van der Waals surface area (Å²) in [5, 5.41) is 70.2. The third-order valence-corrected chi connectivity index (χ3v) is 19.7. The molecule has 12 rings (SSSR count). The third-order valence-electron chi connectivity index (χ3n) is 18.0. The number of aromatic nitrogens is 14. The summed E-state index contributed by atoms with van der Waals surface area (Å²) in [7, 11) is -1.18. The summed E-state index contributed by atoms with van der Waals surface area (Å²) in [6.07, 6.45) is -4.43. The monoisotopic (exact) mass is 1610 g/mol. The van der Waals surface area contributed by atoms with Crippen molar-refractivity contribution < 1.29 is 120 Å². The first kappa shape index (κ1) is 86.4. The number of nitrogens with one attached hydrogen (secondary N) is 1. The van der Waals surface area contributed by atoms with E-state index in [1.165, 1.54) is 18.5 Å². The molecular formula is C66H73F15N18O11Si. The molecule has 45 heteroatoms. The highest BCUT2D eigenvalue weighted by atomic mass is 28.3. The molecule has 0 radical (unpaired) electrons. The molecule has 0 unspecified atom stereocenters. The van der Waals surface area contributed by atoms with Gasteiger partial charge >= 0.3 is 48.8 Å². The van der Waals surface area contributed by atoms with Crippen molar-refractivity contribution in [3.8, 4) is 46.4 Å². The second kappa shape index (κ2) is 35.9. The average molecular weight is 1610 g/mol. The molecule has 0 spiro atoms. The molecule has 0 bridgehead atoms. The molecule has 29 nitrogen and oxygen atoms in total. The number of carboxylic acids is 3.